The first-order valence-corrected chi connectivity index (χ1v) is 8.93. The molecule has 2 aromatic rings. The lowest BCUT2D eigenvalue weighted by molar-refractivity contribution is -0.385. The van der Waals surface area contributed by atoms with E-state index in [1.807, 2.05) is 0 Å². The Morgan fingerprint density at radius 2 is 1.92 bits per heavy atom. The molecule has 1 heterocycles. The number of sulfonamides is 1. The van der Waals surface area contributed by atoms with Gasteiger partial charge in [-0.1, -0.05) is 18.2 Å². The van der Waals surface area contributed by atoms with Crippen molar-refractivity contribution in [1.82, 2.24) is 4.31 Å². The number of ether oxygens (including phenoxy) is 1. The number of nitro benzene ring substituents is 1. The van der Waals surface area contributed by atoms with Crippen LogP contribution in [0.1, 0.15) is 11.7 Å². The zero-order chi connectivity index (χ0) is 18.0. The van der Waals surface area contributed by atoms with Crippen LogP contribution in [0.15, 0.2) is 53.4 Å². The van der Waals surface area contributed by atoms with Crippen LogP contribution in [-0.4, -0.2) is 37.3 Å². The monoisotopic (exact) mass is 366 g/mol. The van der Waals surface area contributed by atoms with Crippen LogP contribution in [0.25, 0.3) is 0 Å². The molecule has 0 spiro atoms. The maximum atomic E-state index is 13.0. The molecular formula is C16H15FN2O5S. The predicted octanol–water partition coefficient (Wildman–Crippen LogP) is 2.50. The van der Waals surface area contributed by atoms with Gasteiger partial charge >= 0.3 is 0 Å². The molecule has 0 aliphatic carbocycles. The van der Waals surface area contributed by atoms with E-state index in [-0.39, 0.29) is 36.1 Å². The van der Waals surface area contributed by atoms with Gasteiger partial charge in [-0.2, -0.15) is 4.31 Å². The number of nitrogens with zero attached hydrogens (tertiary/aromatic N) is 2. The van der Waals surface area contributed by atoms with Gasteiger partial charge in [0.1, 0.15) is 5.82 Å². The molecule has 132 valence electrons. The third-order valence-corrected chi connectivity index (χ3v) is 5.80. The van der Waals surface area contributed by atoms with Crippen LogP contribution in [0.3, 0.4) is 0 Å². The van der Waals surface area contributed by atoms with Gasteiger partial charge in [0.15, 0.2) is 0 Å². The first-order valence-electron chi connectivity index (χ1n) is 7.49. The maximum Gasteiger partial charge on any atom is 0.270 e. The van der Waals surface area contributed by atoms with E-state index in [9.17, 15) is 22.9 Å². The largest absolute Gasteiger partial charge is 0.371 e. The summed E-state index contributed by atoms with van der Waals surface area (Å²) in [5, 5.41) is 10.9. The van der Waals surface area contributed by atoms with Crippen molar-refractivity contribution in [3.05, 3.63) is 70.0 Å². The van der Waals surface area contributed by atoms with Gasteiger partial charge in [-0.05, 0) is 23.8 Å². The third kappa shape index (κ3) is 3.68. The highest BCUT2D eigenvalue weighted by atomic mass is 32.2. The predicted molar refractivity (Wildman–Crippen MR) is 86.9 cm³/mol. The van der Waals surface area contributed by atoms with Gasteiger partial charge in [-0.3, -0.25) is 10.1 Å². The van der Waals surface area contributed by atoms with Crippen LogP contribution in [0.2, 0.25) is 0 Å². The van der Waals surface area contributed by atoms with Gasteiger partial charge in [0.25, 0.3) is 5.69 Å². The molecule has 0 aromatic heterocycles. The highest BCUT2D eigenvalue weighted by Gasteiger charge is 2.32. The molecule has 0 radical (unpaired) electrons. The van der Waals surface area contributed by atoms with Crippen molar-refractivity contribution in [2.45, 2.75) is 11.0 Å². The Balaban J connectivity index is 1.86. The van der Waals surface area contributed by atoms with Crippen molar-refractivity contribution in [3.8, 4) is 0 Å². The minimum absolute atomic E-state index is 0.0522. The number of halogens is 1. The maximum absolute atomic E-state index is 13.0. The Kier molecular flexibility index (Phi) is 4.80. The summed E-state index contributed by atoms with van der Waals surface area (Å²) in [5.74, 6) is -0.388. The Morgan fingerprint density at radius 1 is 1.20 bits per heavy atom. The molecule has 1 aliphatic rings. The number of benzene rings is 2. The van der Waals surface area contributed by atoms with Gasteiger partial charge in [-0.15, -0.1) is 0 Å². The summed E-state index contributed by atoms with van der Waals surface area (Å²) < 4.78 is 45.4. The molecule has 7 nitrogen and oxygen atoms in total. The lowest BCUT2D eigenvalue weighted by Gasteiger charge is -2.32. The number of rotatable bonds is 4. The van der Waals surface area contributed by atoms with Gasteiger partial charge < -0.3 is 4.74 Å². The minimum atomic E-state index is -3.89. The summed E-state index contributed by atoms with van der Waals surface area (Å²) in [6, 6.07) is 10.6. The fourth-order valence-electron chi connectivity index (χ4n) is 2.63. The highest BCUT2D eigenvalue weighted by Crippen LogP contribution is 2.27. The van der Waals surface area contributed by atoms with Crippen molar-refractivity contribution in [2.24, 2.45) is 0 Å². The van der Waals surface area contributed by atoms with Crippen molar-refractivity contribution in [2.75, 3.05) is 19.7 Å². The quantitative estimate of drug-likeness (QED) is 0.613. The number of non-ortho nitro benzene ring substituents is 1. The van der Waals surface area contributed by atoms with Crippen LogP contribution in [0, 0.1) is 15.9 Å². The van der Waals surface area contributed by atoms with Crippen molar-refractivity contribution in [1.29, 1.82) is 0 Å². The second-order valence-electron chi connectivity index (χ2n) is 5.53. The van der Waals surface area contributed by atoms with Gasteiger partial charge in [-0.25, -0.2) is 12.8 Å². The van der Waals surface area contributed by atoms with E-state index in [1.165, 1.54) is 34.6 Å². The second-order valence-corrected chi connectivity index (χ2v) is 7.47. The van der Waals surface area contributed by atoms with Crippen LogP contribution >= 0.6 is 0 Å². The number of nitro groups is 1. The molecule has 1 aliphatic heterocycles. The summed E-state index contributed by atoms with van der Waals surface area (Å²) in [7, 11) is -3.89. The van der Waals surface area contributed by atoms with E-state index in [0.29, 0.717) is 5.56 Å². The highest BCUT2D eigenvalue weighted by molar-refractivity contribution is 7.89. The number of morpholine rings is 1. The van der Waals surface area contributed by atoms with Crippen molar-refractivity contribution < 1.29 is 22.5 Å². The second kappa shape index (κ2) is 6.87. The fourth-order valence-corrected chi connectivity index (χ4v) is 4.09. The van der Waals surface area contributed by atoms with E-state index in [1.54, 1.807) is 12.1 Å². The molecule has 3 rings (SSSR count). The van der Waals surface area contributed by atoms with Gasteiger partial charge in [0.2, 0.25) is 10.0 Å². The summed E-state index contributed by atoms with van der Waals surface area (Å²) in [5.41, 5.74) is 0.379. The van der Waals surface area contributed by atoms with E-state index >= 15 is 0 Å². The fraction of sp³-hybridized carbons (Fsp3) is 0.250. The molecular weight excluding hydrogens is 351 g/mol. The van der Waals surface area contributed by atoms with Crippen molar-refractivity contribution in [3.63, 3.8) is 0 Å². The third-order valence-electron chi connectivity index (χ3n) is 3.94. The lowest BCUT2D eigenvalue weighted by atomic mass is 10.1. The Labute approximate surface area is 143 Å². The molecule has 0 N–H and O–H groups in total. The topological polar surface area (TPSA) is 89.8 Å². The standard InChI is InChI=1S/C16H15FN2O5S/c17-13-6-4-12(5-7-13)16-11-18(8-9-24-16)25(22,23)15-3-1-2-14(10-15)19(20)21/h1-7,10,16H,8-9,11H2. The molecule has 0 amide bonds. The lowest BCUT2D eigenvalue weighted by Crippen LogP contribution is -2.42. The van der Waals surface area contributed by atoms with Crippen LogP contribution in [0.5, 0.6) is 0 Å². The molecule has 0 bridgehead atoms. The van der Waals surface area contributed by atoms with Crippen LogP contribution in [-0.2, 0) is 14.8 Å². The Hall–Kier alpha value is -2.36. The molecule has 1 saturated heterocycles. The Morgan fingerprint density at radius 3 is 2.60 bits per heavy atom. The summed E-state index contributed by atoms with van der Waals surface area (Å²) in [6.07, 6.45) is -0.525. The smallest absolute Gasteiger partial charge is 0.270 e. The normalized spacial score (nSPS) is 18.8. The molecule has 0 saturated carbocycles. The summed E-state index contributed by atoms with van der Waals surface area (Å²) in [6.45, 7) is 0.371. The van der Waals surface area contributed by atoms with E-state index in [4.69, 9.17) is 4.74 Å². The van der Waals surface area contributed by atoms with E-state index < -0.39 is 21.1 Å². The average Bonchev–Trinajstić information content (AvgIpc) is 2.62. The minimum Gasteiger partial charge on any atom is -0.371 e. The molecule has 9 heteroatoms. The van der Waals surface area contributed by atoms with E-state index in [2.05, 4.69) is 0 Å². The molecule has 25 heavy (non-hydrogen) atoms. The summed E-state index contributed by atoms with van der Waals surface area (Å²) in [4.78, 5) is 10.1. The number of hydrogen-bond donors (Lipinski definition) is 0. The zero-order valence-electron chi connectivity index (χ0n) is 13.0. The van der Waals surface area contributed by atoms with Gasteiger partial charge in [0, 0.05) is 25.2 Å². The average molecular weight is 366 g/mol. The molecule has 1 atom stereocenters. The molecule has 2 aromatic carbocycles. The van der Waals surface area contributed by atoms with Crippen LogP contribution < -0.4 is 0 Å². The first kappa shape index (κ1) is 17.5. The first-order chi connectivity index (χ1) is 11.9. The summed E-state index contributed by atoms with van der Waals surface area (Å²) >= 11 is 0. The molecule has 1 fully saturated rings. The van der Waals surface area contributed by atoms with Crippen molar-refractivity contribution >= 4 is 15.7 Å². The zero-order valence-corrected chi connectivity index (χ0v) is 13.9. The van der Waals surface area contributed by atoms with Crippen LogP contribution in [0.4, 0.5) is 10.1 Å². The number of hydrogen-bond acceptors (Lipinski definition) is 5. The van der Waals surface area contributed by atoms with E-state index in [0.717, 1.165) is 6.07 Å². The molecule has 1 unspecified atom stereocenters. The Bertz CT molecular complexity index is 886. The van der Waals surface area contributed by atoms with Gasteiger partial charge in [0.05, 0.1) is 22.5 Å². The SMILES string of the molecule is O=[N+]([O-])c1cccc(S(=O)(=O)N2CCOC(c3ccc(F)cc3)C2)c1.